The maximum Gasteiger partial charge on any atom is 0.143 e. The van der Waals surface area contributed by atoms with Crippen LogP contribution < -0.4 is 10.1 Å². The highest BCUT2D eigenvalue weighted by Gasteiger charge is 2.20. The van der Waals surface area contributed by atoms with Crippen LogP contribution in [0.25, 0.3) is 0 Å². The minimum atomic E-state index is -0.166. The second kappa shape index (κ2) is 4.92. The summed E-state index contributed by atoms with van der Waals surface area (Å²) in [7, 11) is 0. The SMILES string of the molecule is Cc1ccc2c(c1)OC(Cc1ccccc1F)CN2. The Hall–Kier alpha value is -2.03. The summed E-state index contributed by atoms with van der Waals surface area (Å²) in [4.78, 5) is 0. The summed E-state index contributed by atoms with van der Waals surface area (Å²) >= 11 is 0. The smallest absolute Gasteiger partial charge is 0.143 e. The summed E-state index contributed by atoms with van der Waals surface area (Å²) in [5.41, 5.74) is 2.87. The Morgan fingerprint density at radius 1 is 1.26 bits per heavy atom. The number of ether oxygens (including phenoxy) is 1. The number of aryl methyl sites for hydroxylation is 1. The Balaban J connectivity index is 1.77. The highest BCUT2D eigenvalue weighted by Crippen LogP contribution is 2.30. The molecule has 1 N–H and O–H groups in total. The number of nitrogens with one attached hydrogen (secondary N) is 1. The van der Waals surface area contributed by atoms with E-state index in [1.807, 2.05) is 37.3 Å². The Morgan fingerprint density at radius 3 is 2.95 bits per heavy atom. The molecule has 19 heavy (non-hydrogen) atoms. The van der Waals surface area contributed by atoms with Crippen LogP contribution in [0.2, 0.25) is 0 Å². The monoisotopic (exact) mass is 257 g/mol. The minimum absolute atomic E-state index is 0.0359. The van der Waals surface area contributed by atoms with E-state index in [4.69, 9.17) is 4.74 Å². The molecule has 0 bridgehead atoms. The van der Waals surface area contributed by atoms with E-state index >= 15 is 0 Å². The average Bonchev–Trinajstić information content (AvgIpc) is 2.41. The highest BCUT2D eigenvalue weighted by atomic mass is 19.1. The fourth-order valence-electron chi connectivity index (χ4n) is 2.34. The number of anilines is 1. The average molecular weight is 257 g/mol. The molecule has 1 heterocycles. The van der Waals surface area contributed by atoms with Crippen LogP contribution in [0.15, 0.2) is 42.5 Å². The Morgan fingerprint density at radius 2 is 2.11 bits per heavy atom. The van der Waals surface area contributed by atoms with Crippen LogP contribution in [-0.2, 0) is 6.42 Å². The van der Waals surface area contributed by atoms with Gasteiger partial charge in [0.2, 0.25) is 0 Å². The van der Waals surface area contributed by atoms with E-state index in [0.29, 0.717) is 18.5 Å². The molecule has 0 aromatic heterocycles. The van der Waals surface area contributed by atoms with E-state index in [1.165, 1.54) is 6.07 Å². The zero-order valence-electron chi connectivity index (χ0n) is 10.8. The van der Waals surface area contributed by atoms with Gasteiger partial charge in [0.05, 0.1) is 12.2 Å². The number of rotatable bonds is 2. The van der Waals surface area contributed by atoms with Crippen LogP contribution in [0.4, 0.5) is 10.1 Å². The van der Waals surface area contributed by atoms with Crippen molar-refractivity contribution in [3.05, 3.63) is 59.4 Å². The molecule has 1 unspecified atom stereocenters. The van der Waals surface area contributed by atoms with Gasteiger partial charge in [-0.2, -0.15) is 0 Å². The maximum atomic E-state index is 13.6. The first-order valence-electron chi connectivity index (χ1n) is 6.47. The van der Waals surface area contributed by atoms with E-state index in [9.17, 15) is 4.39 Å². The predicted molar refractivity (Wildman–Crippen MR) is 74.2 cm³/mol. The molecule has 0 fully saturated rings. The van der Waals surface area contributed by atoms with Crippen molar-refractivity contribution in [3.8, 4) is 5.75 Å². The summed E-state index contributed by atoms with van der Waals surface area (Å²) < 4.78 is 19.6. The molecule has 3 heteroatoms. The normalized spacial score (nSPS) is 17.3. The van der Waals surface area contributed by atoms with Crippen LogP contribution in [0.3, 0.4) is 0 Å². The third-order valence-corrected chi connectivity index (χ3v) is 3.36. The number of fused-ring (bicyclic) bond motifs is 1. The Bertz CT molecular complexity index is 597. The lowest BCUT2D eigenvalue weighted by molar-refractivity contribution is 0.205. The second-order valence-electron chi connectivity index (χ2n) is 4.92. The predicted octanol–water partition coefficient (Wildman–Crippen LogP) is 3.55. The summed E-state index contributed by atoms with van der Waals surface area (Å²) in [6.45, 7) is 2.73. The molecule has 1 aliphatic heterocycles. The first-order valence-corrected chi connectivity index (χ1v) is 6.47. The minimum Gasteiger partial charge on any atom is -0.486 e. The molecule has 3 rings (SSSR count). The molecular formula is C16H16FNO. The van der Waals surface area contributed by atoms with Gasteiger partial charge in [0.25, 0.3) is 0 Å². The number of hydrogen-bond donors (Lipinski definition) is 1. The zero-order chi connectivity index (χ0) is 13.2. The van der Waals surface area contributed by atoms with Crippen LogP contribution in [-0.4, -0.2) is 12.6 Å². The van der Waals surface area contributed by atoms with E-state index < -0.39 is 0 Å². The summed E-state index contributed by atoms with van der Waals surface area (Å²) in [5.74, 6) is 0.689. The molecule has 0 radical (unpaired) electrons. The van der Waals surface area contributed by atoms with Gasteiger partial charge in [-0.05, 0) is 36.2 Å². The topological polar surface area (TPSA) is 21.3 Å². The quantitative estimate of drug-likeness (QED) is 0.888. The third-order valence-electron chi connectivity index (χ3n) is 3.36. The number of benzene rings is 2. The van der Waals surface area contributed by atoms with Crippen molar-refractivity contribution in [2.24, 2.45) is 0 Å². The summed E-state index contributed by atoms with van der Waals surface area (Å²) in [6, 6.07) is 12.9. The fourth-order valence-corrected chi connectivity index (χ4v) is 2.34. The first kappa shape index (κ1) is 12.0. The van der Waals surface area contributed by atoms with Crippen molar-refractivity contribution in [2.45, 2.75) is 19.4 Å². The summed E-state index contributed by atoms with van der Waals surface area (Å²) in [5, 5.41) is 3.33. The van der Waals surface area contributed by atoms with E-state index in [1.54, 1.807) is 6.07 Å². The van der Waals surface area contributed by atoms with Crippen molar-refractivity contribution in [1.29, 1.82) is 0 Å². The Kier molecular flexibility index (Phi) is 3.11. The zero-order valence-corrected chi connectivity index (χ0v) is 10.8. The molecule has 1 atom stereocenters. The van der Waals surface area contributed by atoms with Gasteiger partial charge >= 0.3 is 0 Å². The van der Waals surface area contributed by atoms with Crippen LogP contribution >= 0.6 is 0 Å². The van der Waals surface area contributed by atoms with Gasteiger partial charge in [0, 0.05) is 6.42 Å². The maximum absolute atomic E-state index is 13.6. The molecule has 2 aromatic carbocycles. The standard InChI is InChI=1S/C16H16FNO/c1-11-6-7-15-16(8-11)19-13(10-18-15)9-12-4-2-3-5-14(12)17/h2-8,13,18H,9-10H2,1H3. The van der Waals surface area contributed by atoms with Crippen LogP contribution in [0.5, 0.6) is 5.75 Å². The molecule has 2 aromatic rings. The first-order chi connectivity index (χ1) is 9.22. The van der Waals surface area contributed by atoms with Gasteiger partial charge in [-0.1, -0.05) is 24.3 Å². The van der Waals surface area contributed by atoms with Crippen LogP contribution in [0.1, 0.15) is 11.1 Å². The molecule has 2 nitrogen and oxygen atoms in total. The number of hydrogen-bond acceptors (Lipinski definition) is 2. The molecule has 98 valence electrons. The second-order valence-corrected chi connectivity index (χ2v) is 4.92. The largest absolute Gasteiger partial charge is 0.486 e. The lowest BCUT2D eigenvalue weighted by Crippen LogP contribution is -2.32. The lowest BCUT2D eigenvalue weighted by Gasteiger charge is -2.27. The van der Waals surface area contributed by atoms with Crippen molar-refractivity contribution in [3.63, 3.8) is 0 Å². The summed E-state index contributed by atoms with van der Waals surface area (Å²) in [6.07, 6.45) is 0.541. The number of halogens is 1. The van der Waals surface area contributed by atoms with Gasteiger partial charge in [0.1, 0.15) is 17.7 Å². The van der Waals surface area contributed by atoms with Crippen molar-refractivity contribution in [2.75, 3.05) is 11.9 Å². The molecule has 0 saturated heterocycles. The molecule has 1 aliphatic rings. The van der Waals surface area contributed by atoms with Gasteiger partial charge < -0.3 is 10.1 Å². The van der Waals surface area contributed by atoms with Gasteiger partial charge in [0.15, 0.2) is 0 Å². The van der Waals surface area contributed by atoms with Crippen LogP contribution in [0, 0.1) is 12.7 Å². The lowest BCUT2D eigenvalue weighted by atomic mass is 10.1. The molecule has 0 amide bonds. The Labute approximate surface area is 112 Å². The molecule has 0 spiro atoms. The van der Waals surface area contributed by atoms with Gasteiger partial charge in [-0.25, -0.2) is 4.39 Å². The fraction of sp³-hybridized carbons (Fsp3) is 0.250. The van der Waals surface area contributed by atoms with E-state index in [0.717, 1.165) is 17.0 Å². The molecular weight excluding hydrogens is 241 g/mol. The van der Waals surface area contributed by atoms with Crippen molar-refractivity contribution >= 4 is 5.69 Å². The molecule has 0 aliphatic carbocycles. The molecule has 0 saturated carbocycles. The highest BCUT2D eigenvalue weighted by molar-refractivity contribution is 5.59. The van der Waals surface area contributed by atoms with Gasteiger partial charge in [-0.3, -0.25) is 0 Å². The van der Waals surface area contributed by atoms with Crippen molar-refractivity contribution < 1.29 is 9.13 Å². The van der Waals surface area contributed by atoms with E-state index in [-0.39, 0.29) is 11.9 Å². The van der Waals surface area contributed by atoms with Gasteiger partial charge in [-0.15, -0.1) is 0 Å². The van der Waals surface area contributed by atoms with E-state index in [2.05, 4.69) is 5.32 Å². The third kappa shape index (κ3) is 2.55. The van der Waals surface area contributed by atoms with Crippen molar-refractivity contribution in [1.82, 2.24) is 0 Å².